The number of nitrogens with zero attached hydrogens (tertiary/aromatic N) is 1. The Hall–Kier alpha value is -2.42. The normalized spacial score (nSPS) is 17.0. The van der Waals surface area contributed by atoms with Crippen LogP contribution in [0.1, 0.15) is 24.0 Å². The average Bonchev–Trinajstić information content (AvgIpc) is 3.19. The third-order valence-corrected chi connectivity index (χ3v) is 7.50. The fourth-order valence-electron chi connectivity index (χ4n) is 3.47. The number of para-hydroxylation sites is 1. The predicted molar refractivity (Wildman–Crippen MR) is 116 cm³/mol. The molecule has 1 heterocycles. The lowest BCUT2D eigenvalue weighted by molar-refractivity contribution is -0.136. The van der Waals surface area contributed by atoms with Gasteiger partial charge in [0.15, 0.2) is 0 Å². The highest BCUT2D eigenvalue weighted by Gasteiger charge is 2.36. The predicted octanol–water partition coefficient (Wildman–Crippen LogP) is 2.86. The highest BCUT2D eigenvalue weighted by Crippen LogP contribution is 2.28. The third kappa shape index (κ3) is 4.83. The Morgan fingerprint density at radius 3 is 2.60 bits per heavy atom. The molecule has 0 spiro atoms. The van der Waals surface area contributed by atoms with E-state index in [0.717, 1.165) is 5.56 Å². The minimum atomic E-state index is -3.70. The Balaban J connectivity index is 1.66. The lowest BCUT2D eigenvalue weighted by atomic mass is 10.2. The van der Waals surface area contributed by atoms with Crippen molar-refractivity contribution in [3.8, 4) is 0 Å². The number of halogens is 1. The van der Waals surface area contributed by atoms with Gasteiger partial charge in [-0.3, -0.25) is 9.59 Å². The highest BCUT2D eigenvalue weighted by atomic mass is 35.5. The summed E-state index contributed by atoms with van der Waals surface area (Å²) in [4.78, 5) is 24.6. The maximum absolute atomic E-state index is 13.2. The first-order valence-corrected chi connectivity index (χ1v) is 11.4. The van der Waals surface area contributed by atoms with Crippen LogP contribution in [-0.2, 0) is 19.6 Å². The number of carbonyl (C=O) groups is 2. The van der Waals surface area contributed by atoms with E-state index in [1.54, 1.807) is 43.3 Å². The second-order valence-corrected chi connectivity index (χ2v) is 9.59. The van der Waals surface area contributed by atoms with Gasteiger partial charge >= 0.3 is 11.8 Å². The fourth-order valence-corrected chi connectivity index (χ4v) is 5.66. The quantitative estimate of drug-likeness (QED) is 0.686. The smallest absolute Gasteiger partial charge is 0.313 e. The molecule has 0 unspecified atom stereocenters. The number of aryl methyl sites for hydroxylation is 2. The molecule has 0 bridgehead atoms. The molecular weight excluding hydrogens is 426 g/mol. The number of sulfonamides is 1. The third-order valence-electron chi connectivity index (χ3n) is 5.08. The zero-order valence-electron chi connectivity index (χ0n) is 16.8. The molecule has 1 aliphatic rings. The molecule has 1 fully saturated rings. The average molecular weight is 450 g/mol. The molecule has 3 rings (SSSR count). The number of rotatable bonds is 5. The van der Waals surface area contributed by atoms with Gasteiger partial charge in [-0.05, 0) is 56.0 Å². The summed E-state index contributed by atoms with van der Waals surface area (Å²) in [5.41, 5.74) is 1.87. The van der Waals surface area contributed by atoms with Crippen molar-refractivity contribution in [2.24, 2.45) is 0 Å². The summed E-state index contributed by atoms with van der Waals surface area (Å²) >= 11 is 5.99. The number of benzene rings is 2. The summed E-state index contributed by atoms with van der Waals surface area (Å²) in [6, 6.07) is 11.5. The monoisotopic (exact) mass is 449 g/mol. The number of nitrogens with one attached hydrogen (secondary N) is 2. The van der Waals surface area contributed by atoms with E-state index < -0.39 is 27.9 Å². The van der Waals surface area contributed by atoms with Crippen LogP contribution in [0.4, 0.5) is 5.69 Å². The molecule has 2 N–H and O–H groups in total. The van der Waals surface area contributed by atoms with Gasteiger partial charge in [-0.25, -0.2) is 8.42 Å². The minimum Gasteiger partial charge on any atom is -0.346 e. The zero-order valence-corrected chi connectivity index (χ0v) is 18.4. The number of hydrogen-bond donors (Lipinski definition) is 2. The number of anilines is 1. The molecule has 1 atom stereocenters. The van der Waals surface area contributed by atoms with Crippen molar-refractivity contribution in [2.45, 2.75) is 37.6 Å². The molecule has 9 heteroatoms. The summed E-state index contributed by atoms with van der Waals surface area (Å²) in [6.45, 7) is 4.04. The molecular formula is C21H24ClN3O4S. The van der Waals surface area contributed by atoms with E-state index in [2.05, 4.69) is 10.6 Å². The molecule has 0 radical (unpaired) electrons. The second kappa shape index (κ2) is 9.16. The molecule has 7 nitrogen and oxygen atoms in total. The molecule has 0 aliphatic carbocycles. The van der Waals surface area contributed by atoms with Gasteiger partial charge in [0.05, 0.1) is 15.6 Å². The van der Waals surface area contributed by atoms with Crippen molar-refractivity contribution in [1.82, 2.24) is 9.62 Å². The van der Waals surface area contributed by atoms with Crippen molar-refractivity contribution < 1.29 is 18.0 Å². The Kier molecular flexibility index (Phi) is 6.80. The fraction of sp³-hybridized carbons (Fsp3) is 0.333. The molecule has 1 saturated heterocycles. The van der Waals surface area contributed by atoms with E-state index in [1.807, 2.05) is 13.0 Å². The van der Waals surface area contributed by atoms with Crippen molar-refractivity contribution in [1.29, 1.82) is 0 Å². The Bertz CT molecular complexity index is 1070. The van der Waals surface area contributed by atoms with Crippen molar-refractivity contribution in [3.63, 3.8) is 0 Å². The van der Waals surface area contributed by atoms with E-state index >= 15 is 0 Å². The molecule has 2 aromatic carbocycles. The van der Waals surface area contributed by atoms with Gasteiger partial charge in [0.1, 0.15) is 0 Å². The van der Waals surface area contributed by atoms with Crippen LogP contribution >= 0.6 is 11.6 Å². The summed E-state index contributed by atoms with van der Waals surface area (Å²) in [5.74, 6) is -1.70. The van der Waals surface area contributed by atoms with Gasteiger partial charge in [0, 0.05) is 19.1 Å². The number of carbonyl (C=O) groups excluding carboxylic acids is 2. The Morgan fingerprint density at radius 2 is 1.87 bits per heavy atom. The summed E-state index contributed by atoms with van der Waals surface area (Å²) in [6.07, 6.45) is 1.30. The van der Waals surface area contributed by atoms with Gasteiger partial charge in [0.25, 0.3) is 0 Å². The molecule has 160 valence electrons. The van der Waals surface area contributed by atoms with Gasteiger partial charge in [0.2, 0.25) is 10.0 Å². The van der Waals surface area contributed by atoms with E-state index in [-0.39, 0.29) is 11.4 Å². The van der Waals surface area contributed by atoms with Crippen molar-refractivity contribution in [3.05, 3.63) is 58.6 Å². The van der Waals surface area contributed by atoms with Crippen LogP contribution in [0.3, 0.4) is 0 Å². The van der Waals surface area contributed by atoms with Crippen LogP contribution < -0.4 is 10.6 Å². The maximum atomic E-state index is 13.2. The summed E-state index contributed by atoms with van der Waals surface area (Å²) in [7, 11) is -3.70. The Morgan fingerprint density at radius 1 is 1.13 bits per heavy atom. The van der Waals surface area contributed by atoms with Gasteiger partial charge in [-0.2, -0.15) is 4.31 Å². The molecule has 0 saturated carbocycles. The minimum absolute atomic E-state index is 0.0544. The molecule has 1 aliphatic heterocycles. The van der Waals surface area contributed by atoms with E-state index in [1.165, 1.54) is 4.31 Å². The number of amides is 2. The van der Waals surface area contributed by atoms with Crippen LogP contribution in [-0.4, -0.2) is 43.7 Å². The second-order valence-electron chi connectivity index (χ2n) is 7.32. The van der Waals surface area contributed by atoms with Crippen LogP contribution in [0.2, 0.25) is 5.02 Å². The lowest BCUT2D eigenvalue weighted by Crippen LogP contribution is -2.45. The first kappa shape index (κ1) is 22.3. The topological polar surface area (TPSA) is 95.6 Å². The van der Waals surface area contributed by atoms with Crippen LogP contribution in [0.25, 0.3) is 0 Å². The largest absolute Gasteiger partial charge is 0.346 e. The molecule has 2 aromatic rings. The maximum Gasteiger partial charge on any atom is 0.313 e. The molecule has 0 aromatic heterocycles. The van der Waals surface area contributed by atoms with Gasteiger partial charge in [-0.15, -0.1) is 0 Å². The van der Waals surface area contributed by atoms with Gasteiger partial charge in [-0.1, -0.05) is 35.9 Å². The number of hydrogen-bond acceptors (Lipinski definition) is 4. The Labute approximate surface area is 181 Å². The van der Waals surface area contributed by atoms with Crippen LogP contribution in [0.5, 0.6) is 0 Å². The summed E-state index contributed by atoms with van der Waals surface area (Å²) < 4.78 is 27.8. The highest BCUT2D eigenvalue weighted by molar-refractivity contribution is 7.89. The molecule has 2 amide bonds. The lowest BCUT2D eigenvalue weighted by Gasteiger charge is -2.25. The first-order chi connectivity index (χ1) is 14.2. The van der Waals surface area contributed by atoms with E-state index in [9.17, 15) is 18.0 Å². The van der Waals surface area contributed by atoms with E-state index in [0.29, 0.717) is 35.7 Å². The zero-order chi connectivity index (χ0) is 21.9. The SMILES string of the molecule is Cc1ccc(C)c(S(=O)(=O)N2CCC[C@H]2CNC(=O)C(=O)Nc2ccccc2Cl)c1. The summed E-state index contributed by atoms with van der Waals surface area (Å²) in [5, 5.41) is 5.31. The van der Waals surface area contributed by atoms with E-state index in [4.69, 9.17) is 11.6 Å². The van der Waals surface area contributed by atoms with Gasteiger partial charge < -0.3 is 10.6 Å². The van der Waals surface area contributed by atoms with Crippen LogP contribution in [0.15, 0.2) is 47.4 Å². The van der Waals surface area contributed by atoms with Crippen molar-refractivity contribution >= 4 is 39.1 Å². The standard InChI is InChI=1S/C21H24ClN3O4S/c1-14-9-10-15(2)19(12-14)30(28,29)25-11-5-6-16(25)13-23-20(26)21(27)24-18-8-4-3-7-17(18)22/h3-4,7-10,12,16H,5-6,11,13H2,1-2H3,(H,23,26)(H,24,27)/t16-/m0/s1. The first-order valence-electron chi connectivity index (χ1n) is 9.63. The van der Waals surface area contributed by atoms with Crippen molar-refractivity contribution in [2.75, 3.05) is 18.4 Å². The van der Waals surface area contributed by atoms with Crippen LogP contribution in [0, 0.1) is 13.8 Å². The molecule has 30 heavy (non-hydrogen) atoms.